The lowest BCUT2D eigenvalue weighted by atomic mass is 10.1. The van der Waals surface area contributed by atoms with E-state index >= 15 is 0 Å². The molecule has 0 aromatic heterocycles. The van der Waals surface area contributed by atoms with Gasteiger partial charge in [-0.2, -0.15) is 11.8 Å². The molecule has 148 valence electrons. The lowest BCUT2D eigenvalue weighted by Gasteiger charge is -2.13. The summed E-state index contributed by atoms with van der Waals surface area (Å²) in [4.78, 5) is 32.8. The Balaban J connectivity index is 1.82. The number of ether oxygens (including phenoxy) is 3. The predicted molar refractivity (Wildman–Crippen MR) is 95.1 cm³/mol. The number of rotatable bonds is 9. The Morgan fingerprint density at radius 3 is 2.74 bits per heavy atom. The van der Waals surface area contributed by atoms with Crippen LogP contribution < -0.4 is 20.5 Å². The van der Waals surface area contributed by atoms with E-state index in [1.807, 2.05) is 0 Å². The Kier molecular flexibility index (Phi) is 7.07. The van der Waals surface area contributed by atoms with Crippen LogP contribution in [0.1, 0.15) is 17.7 Å². The molecule has 11 nitrogen and oxygen atoms in total. The monoisotopic (exact) mass is 401 g/mol. The molecule has 27 heavy (non-hydrogen) atoms. The van der Waals surface area contributed by atoms with Crippen molar-refractivity contribution in [3.05, 3.63) is 27.8 Å². The maximum atomic E-state index is 11.4. The number of carboxylic acids is 1. The number of amides is 1. The van der Waals surface area contributed by atoms with Crippen molar-refractivity contribution >= 4 is 29.5 Å². The molecule has 0 saturated heterocycles. The number of hydrogen-bond donors (Lipinski definition) is 3. The number of carbonyl (C=O) groups is 2. The Bertz CT molecular complexity index is 729. The van der Waals surface area contributed by atoms with Crippen LogP contribution in [-0.4, -0.2) is 53.8 Å². The average Bonchev–Trinajstić information content (AvgIpc) is 3.09. The van der Waals surface area contributed by atoms with Crippen molar-refractivity contribution < 1.29 is 33.8 Å². The van der Waals surface area contributed by atoms with Gasteiger partial charge in [-0.25, -0.2) is 4.79 Å². The minimum Gasteiger partial charge on any atom is -0.480 e. The van der Waals surface area contributed by atoms with Crippen molar-refractivity contribution in [3.8, 4) is 11.5 Å². The molecule has 0 spiro atoms. The van der Waals surface area contributed by atoms with E-state index in [4.69, 9.17) is 25.1 Å². The van der Waals surface area contributed by atoms with Crippen LogP contribution in [0.3, 0.4) is 0 Å². The van der Waals surface area contributed by atoms with Crippen molar-refractivity contribution in [3.63, 3.8) is 0 Å². The third-order valence-corrected chi connectivity index (χ3v) is 4.78. The van der Waals surface area contributed by atoms with Crippen molar-refractivity contribution in [2.75, 3.05) is 25.7 Å². The lowest BCUT2D eigenvalue weighted by molar-refractivity contribution is -0.385. The Hall–Kier alpha value is -2.73. The van der Waals surface area contributed by atoms with Crippen LogP contribution in [0.15, 0.2) is 12.1 Å². The van der Waals surface area contributed by atoms with Gasteiger partial charge in [-0.3, -0.25) is 14.9 Å². The van der Waals surface area contributed by atoms with Crippen LogP contribution in [0, 0.1) is 10.1 Å². The molecule has 0 bridgehead atoms. The minimum atomic E-state index is -1.23. The highest BCUT2D eigenvalue weighted by Gasteiger charge is 2.26. The number of aliphatic carboxylic acids is 1. The molecule has 12 heteroatoms. The molecule has 0 saturated carbocycles. The fourth-order valence-corrected chi connectivity index (χ4v) is 3.11. The molecule has 2 atom stereocenters. The standard InChI is InChI=1S/C15H19N3O8S/c1-8(27-3-2-24-15(21)17-6-10(16)14(19)20)9-4-12-13(26-7-25-12)5-11(9)18(22)23/h4-5,8,10H,2-3,6-7,16H2,1H3,(H,17,21)(H,19,20). The van der Waals surface area contributed by atoms with Gasteiger partial charge in [0.25, 0.3) is 5.69 Å². The van der Waals surface area contributed by atoms with Gasteiger partial charge in [-0.15, -0.1) is 0 Å². The number of nitrogens with zero attached hydrogens (tertiary/aromatic N) is 1. The Morgan fingerprint density at radius 1 is 1.44 bits per heavy atom. The van der Waals surface area contributed by atoms with Crippen LogP contribution in [-0.2, 0) is 9.53 Å². The van der Waals surface area contributed by atoms with Crippen molar-refractivity contribution in [2.45, 2.75) is 18.2 Å². The van der Waals surface area contributed by atoms with E-state index < -0.39 is 23.0 Å². The molecule has 0 radical (unpaired) electrons. The normalized spacial score (nSPS) is 14.3. The van der Waals surface area contributed by atoms with Gasteiger partial charge in [-0.05, 0) is 13.0 Å². The minimum absolute atomic E-state index is 0.0198. The third-order valence-electron chi connectivity index (χ3n) is 3.62. The second-order valence-corrected chi connectivity index (χ2v) is 6.94. The number of nitro groups is 1. The number of fused-ring (bicyclic) bond motifs is 1. The number of carbonyl (C=O) groups excluding carboxylic acids is 1. The highest BCUT2D eigenvalue weighted by molar-refractivity contribution is 7.99. The summed E-state index contributed by atoms with van der Waals surface area (Å²) in [5, 5.41) is 21.9. The highest BCUT2D eigenvalue weighted by Crippen LogP contribution is 2.43. The summed E-state index contributed by atoms with van der Waals surface area (Å²) in [6.45, 7) is 1.61. The molecule has 1 aromatic carbocycles. The van der Waals surface area contributed by atoms with Crippen LogP contribution in [0.4, 0.5) is 10.5 Å². The van der Waals surface area contributed by atoms with Crippen molar-refractivity contribution in [1.82, 2.24) is 5.32 Å². The number of alkyl carbamates (subject to hydrolysis) is 1. The molecule has 0 fully saturated rings. The quantitative estimate of drug-likeness (QED) is 0.312. The maximum absolute atomic E-state index is 11.4. The van der Waals surface area contributed by atoms with Gasteiger partial charge in [0.1, 0.15) is 12.6 Å². The Morgan fingerprint density at radius 2 is 2.11 bits per heavy atom. The van der Waals surface area contributed by atoms with E-state index in [0.717, 1.165) is 0 Å². The average molecular weight is 401 g/mol. The van der Waals surface area contributed by atoms with Gasteiger partial charge in [0.15, 0.2) is 11.5 Å². The maximum Gasteiger partial charge on any atom is 0.407 e. The number of hydrogen-bond acceptors (Lipinski definition) is 9. The van der Waals surface area contributed by atoms with Crippen LogP contribution in [0.25, 0.3) is 0 Å². The molecule has 2 rings (SSSR count). The van der Waals surface area contributed by atoms with Gasteiger partial charge in [-0.1, -0.05) is 0 Å². The zero-order valence-electron chi connectivity index (χ0n) is 14.4. The van der Waals surface area contributed by atoms with E-state index in [-0.39, 0.29) is 30.9 Å². The number of nitrogens with two attached hydrogens (primary N) is 1. The summed E-state index contributed by atoms with van der Waals surface area (Å²) in [5.41, 5.74) is 5.66. The van der Waals surface area contributed by atoms with E-state index in [1.54, 1.807) is 13.0 Å². The number of benzene rings is 1. The first-order chi connectivity index (χ1) is 12.8. The fraction of sp³-hybridized carbons (Fsp3) is 0.467. The molecular formula is C15H19N3O8S. The van der Waals surface area contributed by atoms with Crippen molar-refractivity contribution in [1.29, 1.82) is 0 Å². The summed E-state index contributed by atoms with van der Waals surface area (Å²) in [7, 11) is 0. The molecule has 2 unspecified atom stereocenters. The summed E-state index contributed by atoms with van der Waals surface area (Å²) in [5.74, 6) is -0.0637. The largest absolute Gasteiger partial charge is 0.480 e. The van der Waals surface area contributed by atoms with Gasteiger partial charge < -0.3 is 30.4 Å². The zero-order chi connectivity index (χ0) is 20.0. The fourth-order valence-electron chi connectivity index (χ4n) is 2.21. The van der Waals surface area contributed by atoms with Crippen LogP contribution >= 0.6 is 11.8 Å². The smallest absolute Gasteiger partial charge is 0.407 e. The summed E-state index contributed by atoms with van der Waals surface area (Å²) in [6, 6.07) is 1.71. The van der Waals surface area contributed by atoms with E-state index in [9.17, 15) is 19.7 Å². The molecule has 1 heterocycles. The molecule has 1 aliphatic heterocycles. The second-order valence-electron chi connectivity index (χ2n) is 5.50. The molecule has 1 amide bonds. The van der Waals surface area contributed by atoms with Crippen LogP contribution in [0.5, 0.6) is 11.5 Å². The first-order valence-electron chi connectivity index (χ1n) is 7.88. The molecule has 1 aromatic rings. The number of thioether (sulfide) groups is 1. The topological polar surface area (TPSA) is 163 Å². The lowest BCUT2D eigenvalue weighted by Crippen LogP contribution is -2.42. The summed E-state index contributed by atoms with van der Waals surface area (Å²) in [6.07, 6.45) is -0.783. The Labute approximate surface area is 158 Å². The van der Waals surface area contributed by atoms with E-state index in [1.165, 1.54) is 17.8 Å². The van der Waals surface area contributed by atoms with Gasteiger partial charge in [0, 0.05) is 23.1 Å². The zero-order valence-corrected chi connectivity index (χ0v) is 15.2. The molecule has 4 N–H and O–H groups in total. The third kappa shape index (κ3) is 5.62. The van der Waals surface area contributed by atoms with Gasteiger partial charge in [0.05, 0.1) is 11.0 Å². The van der Waals surface area contributed by atoms with E-state index in [2.05, 4.69) is 5.32 Å². The number of nitrogens with one attached hydrogen (secondary N) is 1. The molecule has 1 aliphatic rings. The number of carboxylic acid groups (broad SMARTS) is 1. The highest BCUT2D eigenvalue weighted by atomic mass is 32.2. The first-order valence-corrected chi connectivity index (χ1v) is 8.93. The summed E-state index contributed by atoms with van der Waals surface area (Å²) < 4.78 is 15.3. The number of nitro benzene ring substituents is 1. The van der Waals surface area contributed by atoms with Crippen LogP contribution in [0.2, 0.25) is 0 Å². The van der Waals surface area contributed by atoms with Gasteiger partial charge >= 0.3 is 12.1 Å². The van der Waals surface area contributed by atoms with E-state index in [0.29, 0.717) is 22.8 Å². The SMILES string of the molecule is CC(SCCOC(=O)NCC(N)C(=O)O)c1cc2c(cc1[N+](=O)[O-])OCO2. The summed E-state index contributed by atoms with van der Waals surface area (Å²) >= 11 is 1.35. The van der Waals surface area contributed by atoms with Crippen molar-refractivity contribution in [2.24, 2.45) is 5.73 Å². The first kappa shape index (κ1) is 20.6. The predicted octanol–water partition coefficient (Wildman–Crippen LogP) is 1.26. The molecular weight excluding hydrogens is 382 g/mol. The molecule has 0 aliphatic carbocycles. The van der Waals surface area contributed by atoms with Gasteiger partial charge in [0.2, 0.25) is 6.79 Å². The second kappa shape index (κ2) is 9.28.